The summed E-state index contributed by atoms with van der Waals surface area (Å²) in [4.78, 5) is 14.5. The van der Waals surface area contributed by atoms with E-state index >= 15 is 0 Å². The van der Waals surface area contributed by atoms with Crippen LogP contribution in [0, 0.1) is 17.3 Å². The van der Waals surface area contributed by atoms with Crippen LogP contribution in [0.3, 0.4) is 0 Å². The smallest absolute Gasteiger partial charge is 0.226 e. The monoisotopic (exact) mass is 238 g/mol. The number of nitrogens with two attached hydrogens (primary N) is 1. The Morgan fingerprint density at radius 3 is 2.59 bits per heavy atom. The van der Waals surface area contributed by atoms with Crippen molar-refractivity contribution in [3.63, 3.8) is 0 Å². The maximum absolute atomic E-state index is 12.4. The summed E-state index contributed by atoms with van der Waals surface area (Å²) in [6, 6.07) is 0.289. The normalized spacial score (nSPS) is 35.8. The predicted molar refractivity (Wildman–Crippen MR) is 69.5 cm³/mol. The largest absolute Gasteiger partial charge is 0.338 e. The molecule has 0 aromatic rings. The molecule has 1 aliphatic heterocycles. The van der Waals surface area contributed by atoms with E-state index in [2.05, 4.69) is 25.7 Å². The first-order valence-corrected chi connectivity index (χ1v) is 7.00. The van der Waals surface area contributed by atoms with Crippen molar-refractivity contribution in [3.8, 4) is 0 Å². The van der Waals surface area contributed by atoms with Gasteiger partial charge in [-0.15, -0.1) is 0 Å². The van der Waals surface area contributed by atoms with Crippen LogP contribution in [0.25, 0.3) is 0 Å². The van der Waals surface area contributed by atoms with Gasteiger partial charge in [0.05, 0.1) is 0 Å². The number of hydrogen-bond donors (Lipinski definition) is 1. The SMILES string of the molecule is CCC1CCN(C(=O)C2CC2(C)C)C(CN)C1. The van der Waals surface area contributed by atoms with E-state index in [1.54, 1.807) is 0 Å². The van der Waals surface area contributed by atoms with Crippen molar-refractivity contribution >= 4 is 5.91 Å². The molecule has 0 radical (unpaired) electrons. The van der Waals surface area contributed by atoms with Gasteiger partial charge in [-0.1, -0.05) is 27.2 Å². The zero-order chi connectivity index (χ0) is 12.6. The third-order valence-corrected chi connectivity index (χ3v) is 4.77. The van der Waals surface area contributed by atoms with E-state index in [1.807, 2.05) is 0 Å². The summed E-state index contributed by atoms with van der Waals surface area (Å²) in [6.07, 6.45) is 4.53. The number of rotatable bonds is 3. The molecule has 0 aromatic heterocycles. The number of nitrogens with zero attached hydrogens (tertiary/aromatic N) is 1. The highest BCUT2D eigenvalue weighted by molar-refractivity contribution is 5.83. The molecule has 3 unspecified atom stereocenters. The fourth-order valence-electron chi connectivity index (χ4n) is 3.11. The molecule has 1 saturated carbocycles. The molecule has 0 aromatic carbocycles. The summed E-state index contributed by atoms with van der Waals surface area (Å²) in [5, 5.41) is 0. The van der Waals surface area contributed by atoms with E-state index in [0.717, 1.165) is 31.7 Å². The van der Waals surface area contributed by atoms with Crippen molar-refractivity contribution in [1.29, 1.82) is 0 Å². The maximum atomic E-state index is 12.4. The van der Waals surface area contributed by atoms with Gasteiger partial charge >= 0.3 is 0 Å². The average molecular weight is 238 g/mol. The second-order valence-corrected chi connectivity index (χ2v) is 6.47. The second-order valence-electron chi connectivity index (χ2n) is 6.47. The highest BCUT2D eigenvalue weighted by atomic mass is 16.2. The molecule has 3 atom stereocenters. The molecule has 1 amide bonds. The Labute approximate surface area is 105 Å². The Bertz CT molecular complexity index is 301. The lowest BCUT2D eigenvalue weighted by atomic mass is 9.88. The van der Waals surface area contributed by atoms with Crippen LogP contribution in [0.15, 0.2) is 0 Å². The fourth-order valence-corrected chi connectivity index (χ4v) is 3.11. The third kappa shape index (κ3) is 2.49. The summed E-state index contributed by atoms with van der Waals surface area (Å²) >= 11 is 0. The average Bonchev–Trinajstić information content (AvgIpc) is 2.96. The molecular formula is C14H26N2O. The lowest BCUT2D eigenvalue weighted by molar-refractivity contribution is -0.137. The molecule has 1 aliphatic carbocycles. The number of hydrogen-bond acceptors (Lipinski definition) is 2. The van der Waals surface area contributed by atoms with Crippen LogP contribution in [0.1, 0.15) is 46.5 Å². The van der Waals surface area contributed by atoms with Crippen molar-refractivity contribution in [2.45, 2.75) is 52.5 Å². The van der Waals surface area contributed by atoms with Gasteiger partial charge in [-0.25, -0.2) is 0 Å². The van der Waals surface area contributed by atoms with Crippen LogP contribution < -0.4 is 5.73 Å². The van der Waals surface area contributed by atoms with E-state index in [-0.39, 0.29) is 17.4 Å². The van der Waals surface area contributed by atoms with Crippen LogP contribution in [0.4, 0.5) is 0 Å². The molecule has 2 aliphatic rings. The zero-order valence-corrected chi connectivity index (χ0v) is 11.4. The first-order valence-electron chi connectivity index (χ1n) is 7.00. The van der Waals surface area contributed by atoms with Gasteiger partial charge in [-0.2, -0.15) is 0 Å². The van der Waals surface area contributed by atoms with Crippen molar-refractivity contribution in [2.24, 2.45) is 23.0 Å². The minimum atomic E-state index is 0.234. The zero-order valence-electron chi connectivity index (χ0n) is 11.4. The molecule has 3 heteroatoms. The fraction of sp³-hybridized carbons (Fsp3) is 0.929. The Kier molecular flexibility index (Phi) is 3.48. The maximum Gasteiger partial charge on any atom is 0.226 e. The van der Waals surface area contributed by atoms with Crippen molar-refractivity contribution < 1.29 is 4.79 Å². The van der Waals surface area contributed by atoms with Gasteiger partial charge in [0.2, 0.25) is 5.91 Å². The summed E-state index contributed by atoms with van der Waals surface area (Å²) in [5.41, 5.74) is 6.08. The Balaban J connectivity index is 1.98. The number of amides is 1. The molecule has 0 spiro atoms. The van der Waals surface area contributed by atoms with E-state index in [0.29, 0.717) is 12.5 Å². The minimum Gasteiger partial charge on any atom is -0.338 e. The molecule has 0 bridgehead atoms. The molecule has 3 nitrogen and oxygen atoms in total. The lowest BCUT2D eigenvalue weighted by Crippen LogP contribution is -2.50. The van der Waals surface area contributed by atoms with E-state index in [9.17, 15) is 4.79 Å². The first kappa shape index (κ1) is 12.9. The minimum absolute atomic E-state index is 0.234. The summed E-state index contributed by atoms with van der Waals surface area (Å²) in [6.45, 7) is 8.15. The Morgan fingerprint density at radius 1 is 1.47 bits per heavy atom. The molecular weight excluding hydrogens is 212 g/mol. The van der Waals surface area contributed by atoms with Crippen LogP contribution in [0.2, 0.25) is 0 Å². The number of piperidine rings is 1. The van der Waals surface area contributed by atoms with Crippen LogP contribution >= 0.6 is 0 Å². The molecule has 98 valence electrons. The van der Waals surface area contributed by atoms with Gasteiger partial charge in [-0.05, 0) is 30.6 Å². The predicted octanol–water partition coefficient (Wildman–Crippen LogP) is 2.01. The molecule has 2 rings (SSSR count). The van der Waals surface area contributed by atoms with E-state index in [1.165, 1.54) is 6.42 Å². The van der Waals surface area contributed by atoms with Gasteiger partial charge in [0.1, 0.15) is 0 Å². The molecule has 2 N–H and O–H groups in total. The standard InChI is InChI=1S/C14H26N2O/c1-4-10-5-6-16(11(7-10)9-15)13(17)12-8-14(12,2)3/h10-12H,4-9,15H2,1-3H3. The highest BCUT2D eigenvalue weighted by Gasteiger charge is 2.52. The van der Waals surface area contributed by atoms with Gasteiger partial charge in [-0.3, -0.25) is 4.79 Å². The third-order valence-electron chi connectivity index (χ3n) is 4.77. The van der Waals surface area contributed by atoms with Crippen LogP contribution in [0.5, 0.6) is 0 Å². The highest BCUT2D eigenvalue weighted by Crippen LogP contribution is 2.52. The molecule has 17 heavy (non-hydrogen) atoms. The number of carbonyl (C=O) groups is 1. The summed E-state index contributed by atoms with van der Waals surface area (Å²) < 4.78 is 0. The van der Waals surface area contributed by atoms with Gasteiger partial charge in [0.25, 0.3) is 0 Å². The lowest BCUT2D eigenvalue weighted by Gasteiger charge is -2.39. The molecule has 1 heterocycles. The van der Waals surface area contributed by atoms with E-state index in [4.69, 9.17) is 5.73 Å². The number of likely N-dealkylation sites (tertiary alicyclic amines) is 1. The Hall–Kier alpha value is -0.570. The molecule has 1 saturated heterocycles. The van der Waals surface area contributed by atoms with Crippen molar-refractivity contribution in [3.05, 3.63) is 0 Å². The van der Waals surface area contributed by atoms with Crippen molar-refractivity contribution in [1.82, 2.24) is 4.90 Å². The first-order chi connectivity index (χ1) is 7.99. The quantitative estimate of drug-likeness (QED) is 0.817. The van der Waals surface area contributed by atoms with Gasteiger partial charge < -0.3 is 10.6 Å². The van der Waals surface area contributed by atoms with Gasteiger partial charge in [0.15, 0.2) is 0 Å². The number of carbonyl (C=O) groups excluding carboxylic acids is 1. The van der Waals surface area contributed by atoms with E-state index < -0.39 is 0 Å². The summed E-state index contributed by atoms with van der Waals surface area (Å²) in [5.74, 6) is 1.38. The Morgan fingerprint density at radius 2 is 2.12 bits per heavy atom. The van der Waals surface area contributed by atoms with Gasteiger partial charge in [0, 0.05) is 25.0 Å². The summed E-state index contributed by atoms with van der Waals surface area (Å²) in [7, 11) is 0. The second kappa shape index (κ2) is 4.60. The molecule has 2 fully saturated rings. The van der Waals surface area contributed by atoms with Crippen molar-refractivity contribution in [2.75, 3.05) is 13.1 Å². The van der Waals surface area contributed by atoms with Crippen LogP contribution in [-0.4, -0.2) is 29.9 Å². The topological polar surface area (TPSA) is 46.3 Å². The van der Waals surface area contributed by atoms with Crippen LogP contribution in [-0.2, 0) is 4.79 Å².